The van der Waals surface area contributed by atoms with Gasteiger partial charge in [-0.1, -0.05) is 6.07 Å². The molecule has 0 saturated heterocycles. The van der Waals surface area contributed by atoms with Crippen molar-refractivity contribution in [2.24, 2.45) is 0 Å². The predicted molar refractivity (Wildman–Crippen MR) is 58.3 cm³/mol. The highest BCUT2D eigenvalue weighted by molar-refractivity contribution is 5.91. The van der Waals surface area contributed by atoms with Gasteiger partial charge in [-0.25, -0.2) is 4.79 Å². The minimum atomic E-state index is -0.295. The molecule has 1 rings (SSSR count). The number of carbonyl (C=O) groups excluding carboxylic acids is 1. The Morgan fingerprint density at radius 2 is 2.00 bits per heavy atom. The smallest absolute Gasteiger partial charge is 0.338 e. The van der Waals surface area contributed by atoms with Gasteiger partial charge in [0.1, 0.15) is 5.75 Å². The fourth-order valence-electron chi connectivity index (χ4n) is 1.29. The molecule has 0 aliphatic heterocycles. The largest absolute Gasteiger partial charge is 0.494 e. The van der Waals surface area contributed by atoms with E-state index in [0.717, 1.165) is 5.56 Å². The Morgan fingerprint density at radius 1 is 1.27 bits per heavy atom. The maximum absolute atomic E-state index is 11.5. The Morgan fingerprint density at radius 3 is 2.60 bits per heavy atom. The second-order valence-electron chi connectivity index (χ2n) is 3.13. The first-order valence-electron chi connectivity index (χ1n) is 5.09. The van der Waals surface area contributed by atoms with Gasteiger partial charge in [-0.05, 0) is 38.5 Å². The summed E-state index contributed by atoms with van der Waals surface area (Å²) >= 11 is 0. The highest BCUT2D eigenvalue weighted by atomic mass is 16.5. The number of hydrogen-bond donors (Lipinski definition) is 0. The van der Waals surface area contributed by atoms with Gasteiger partial charge < -0.3 is 9.47 Å². The van der Waals surface area contributed by atoms with Gasteiger partial charge >= 0.3 is 5.97 Å². The van der Waals surface area contributed by atoms with E-state index in [1.54, 1.807) is 13.0 Å². The third-order valence-electron chi connectivity index (χ3n) is 2.02. The SMILES string of the molecule is CCOC(=O)c1cc(OCC)ccc1C. The quantitative estimate of drug-likeness (QED) is 0.713. The van der Waals surface area contributed by atoms with Gasteiger partial charge in [-0.2, -0.15) is 0 Å². The lowest BCUT2D eigenvalue weighted by atomic mass is 10.1. The monoisotopic (exact) mass is 208 g/mol. The Labute approximate surface area is 90.0 Å². The second kappa shape index (κ2) is 5.39. The molecule has 0 spiro atoms. The first-order chi connectivity index (χ1) is 7.19. The Kier molecular flexibility index (Phi) is 4.16. The molecule has 15 heavy (non-hydrogen) atoms. The van der Waals surface area contributed by atoms with Crippen LogP contribution in [0, 0.1) is 6.92 Å². The fourth-order valence-corrected chi connectivity index (χ4v) is 1.29. The van der Waals surface area contributed by atoms with E-state index in [2.05, 4.69) is 0 Å². The van der Waals surface area contributed by atoms with Crippen LogP contribution in [-0.2, 0) is 4.74 Å². The molecule has 0 aromatic heterocycles. The molecule has 0 radical (unpaired) electrons. The van der Waals surface area contributed by atoms with Gasteiger partial charge in [-0.3, -0.25) is 0 Å². The van der Waals surface area contributed by atoms with E-state index in [-0.39, 0.29) is 5.97 Å². The van der Waals surface area contributed by atoms with E-state index in [1.165, 1.54) is 0 Å². The van der Waals surface area contributed by atoms with E-state index >= 15 is 0 Å². The maximum Gasteiger partial charge on any atom is 0.338 e. The number of rotatable bonds is 4. The van der Waals surface area contributed by atoms with E-state index in [1.807, 2.05) is 26.0 Å². The zero-order chi connectivity index (χ0) is 11.3. The number of esters is 1. The van der Waals surface area contributed by atoms with Crippen LogP contribution in [0.2, 0.25) is 0 Å². The Balaban J connectivity index is 2.94. The molecule has 0 fully saturated rings. The van der Waals surface area contributed by atoms with Crippen molar-refractivity contribution in [1.29, 1.82) is 0 Å². The molecule has 3 nitrogen and oxygen atoms in total. The molecule has 0 N–H and O–H groups in total. The predicted octanol–water partition coefficient (Wildman–Crippen LogP) is 2.57. The Bertz CT molecular complexity index is 345. The van der Waals surface area contributed by atoms with Crippen LogP contribution in [-0.4, -0.2) is 19.2 Å². The third kappa shape index (κ3) is 2.98. The van der Waals surface area contributed by atoms with Crippen LogP contribution in [0.15, 0.2) is 18.2 Å². The minimum absolute atomic E-state index is 0.295. The number of benzene rings is 1. The van der Waals surface area contributed by atoms with Crippen molar-refractivity contribution in [1.82, 2.24) is 0 Å². The second-order valence-corrected chi connectivity index (χ2v) is 3.13. The minimum Gasteiger partial charge on any atom is -0.494 e. The fraction of sp³-hybridized carbons (Fsp3) is 0.417. The number of aryl methyl sites for hydroxylation is 1. The van der Waals surface area contributed by atoms with Crippen LogP contribution < -0.4 is 4.74 Å². The average molecular weight is 208 g/mol. The van der Waals surface area contributed by atoms with Crippen molar-refractivity contribution in [3.63, 3.8) is 0 Å². The summed E-state index contributed by atoms with van der Waals surface area (Å²) in [6.07, 6.45) is 0. The van der Waals surface area contributed by atoms with Gasteiger partial charge in [0.15, 0.2) is 0 Å². The molecule has 0 heterocycles. The highest BCUT2D eigenvalue weighted by Crippen LogP contribution is 2.18. The van der Waals surface area contributed by atoms with Crippen LogP contribution in [0.1, 0.15) is 29.8 Å². The molecule has 82 valence electrons. The standard InChI is InChI=1S/C12H16O3/c1-4-14-10-7-6-9(3)11(8-10)12(13)15-5-2/h6-8H,4-5H2,1-3H3. The molecule has 0 aliphatic rings. The van der Waals surface area contributed by atoms with Gasteiger partial charge in [0.05, 0.1) is 18.8 Å². The van der Waals surface area contributed by atoms with Crippen LogP contribution in [0.25, 0.3) is 0 Å². The van der Waals surface area contributed by atoms with Gasteiger partial charge in [0.25, 0.3) is 0 Å². The van der Waals surface area contributed by atoms with E-state index in [0.29, 0.717) is 24.5 Å². The molecule has 0 aliphatic carbocycles. The van der Waals surface area contributed by atoms with Crippen LogP contribution in [0.3, 0.4) is 0 Å². The van der Waals surface area contributed by atoms with E-state index < -0.39 is 0 Å². The zero-order valence-electron chi connectivity index (χ0n) is 9.37. The van der Waals surface area contributed by atoms with Gasteiger partial charge in [0, 0.05) is 0 Å². The van der Waals surface area contributed by atoms with Crippen LogP contribution >= 0.6 is 0 Å². The van der Waals surface area contributed by atoms with Crippen molar-refractivity contribution in [2.75, 3.05) is 13.2 Å². The zero-order valence-corrected chi connectivity index (χ0v) is 9.37. The summed E-state index contributed by atoms with van der Waals surface area (Å²) in [5.41, 5.74) is 1.47. The van der Waals surface area contributed by atoms with Crippen molar-refractivity contribution in [2.45, 2.75) is 20.8 Å². The molecule has 0 amide bonds. The molecule has 0 atom stereocenters. The maximum atomic E-state index is 11.5. The average Bonchev–Trinajstić information content (AvgIpc) is 2.21. The van der Waals surface area contributed by atoms with Crippen molar-refractivity contribution in [3.8, 4) is 5.75 Å². The van der Waals surface area contributed by atoms with Crippen molar-refractivity contribution < 1.29 is 14.3 Å². The normalized spacial score (nSPS) is 9.80. The summed E-state index contributed by atoms with van der Waals surface area (Å²) in [6.45, 7) is 6.55. The first-order valence-corrected chi connectivity index (χ1v) is 5.09. The van der Waals surface area contributed by atoms with E-state index in [9.17, 15) is 4.79 Å². The molecule has 0 unspecified atom stereocenters. The van der Waals surface area contributed by atoms with E-state index in [4.69, 9.17) is 9.47 Å². The van der Waals surface area contributed by atoms with Crippen molar-refractivity contribution >= 4 is 5.97 Å². The molecular weight excluding hydrogens is 192 g/mol. The molecule has 3 heteroatoms. The molecule has 0 saturated carbocycles. The first kappa shape index (κ1) is 11.6. The third-order valence-corrected chi connectivity index (χ3v) is 2.02. The lowest BCUT2D eigenvalue weighted by Gasteiger charge is -2.08. The summed E-state index contributed by atoms with van der Waals surface area (Å²) in [4.78, 5) is 11.5. The van der Waals surface area contributed by atoms with Crippen LogP contribution in [0.4, 0.5) is 0 Å². The summed E-state index contributed by atoms with van der Waals surface area (Å²) in [6, 6.07) is 5.43. The molecule has 1 aromatic rings. The topological polar surface area (TPSA) is 35.5 Å². The van der Waals surface area contributed by atoms with Gasteiger partial charge in [-0.15, -0.1) is 0 Å². The lowest BCUT2D eigenvalue weighted by Crippen LogP contribution is -2.07. The summed E-state index contributed by atoms with van der Waals surface area (Å²) in [7, 11) is 0. The summed E-state index contributed by atoms with van der Waals surface area (Å²) in [5, 5.41) is 0. The molecule has 1 aromatic carbocycles. The number of hydrogen-bond acceptors (Lipinski definition) is 3. The molecule has 0 bridgehead atoms. The molecular formula is C12H16O3. The summed E-state index contributed by atoms with van der Waals surface area (Å²) < 4.78 is 10.3. The van der Waals surface area contributed by atoms with Crippen molar-refractivity contribution in [3.05, 3.63) is 29.3 Å². The lowest BCUT2D eigenvalue weighted by molar-refractivity contribution is 0.0525. The highest BCUT2D eigenvalue weighted by Gasteiger charge is 2.10. The Hall–Kier alpha value is -1.51. The summed E-state index contributed by atoms with van der Waals surface area (Å²) in [5.74, 6) is 0.405. The van der Waals surface area contributed by atoms with Gasteiger partial charge in [0.2, 0.25) is 0 Å². The number of ether oxygens (including phenoxy) is 2. The number of carbonyl (C=O) groups is 1. The van der Waals surface area contributed by atoms with Crippen LogP contribution in [0.5, 0.6) is 5.75 Å².